The van der Waals surface area contributed by atoms with Gasteiger partial charge in [-0.15, -0.1) is 0 Å². The van der Waals surface area contributed by atoms with Gasteiger partial charge in [-0.3, -0.25) is 9.48 Å². The van der Waals surface area contributed by atoms with E-state index >= 15 is 0 Å². The predicted octanol–water partition coefficient (Wildman–Crippen LogP) is 3.61. The smallest absolute Gasteiger partial charge is 0.244 e. The first kappa shape index (κ1) is 16.8. The molecule has 1 heterocycles. The highest BCUT2D eigenvalue weighted by molar-refractivity contribution is 14.1. The van der Waals surface area contributed by atoms with Gasteiger partial charge in [-0.05, 0) is 59.7 Å². The Bertz CT molecular complexity index is 623. The van der Waals surface area contributed by atoms with E-state index in [2.05, 4.69) is 46.9 Å². The Morgan fingerprint density at radius 2 is 1.95 bits per heavy atom. The van der Waals surface area contributed by atoms with Gasteiger partial charge < -0.3 is 10.1 Å². The minimum absolute atomic E-state index is 0.0439. The molecule has 22 heavy (non-hydrogen) atoms. The second-order valence-corrected chi connectivity index (χ2v) is 6.77. The van der Waals surface area contributed by atoms with E-state index in [0.717, 1.165) is 9.32 Å². The molecule has 1 amide bonds. The van der Waals surface area contributed by atoms with Crippen molar-refractivity contribution in [3.8, 4) is 11.5 Å². The normalized spacial score (nSPS) is 12.2. The number of ether oxygens (including phenoxy) is 1. The summed E-state index contributed by atoms with van der Waals surface area (Å²) in [6, 6.07) is 7.38. The van der Waals surface area contributed by atoms with Gasteiger partial charge in [0.25, 0.3) is 0 Å². The molecule has 0 spiro atoms. The minimum Gasteiger partial charge on any atom is -0.454 e. The summed E-state index contributed by atoms with van der Waals surface area (Å²) in [6.45, 7) is 6.60. The van der Waals surface area contributed by atoms with Crippen molar-refractivity contribution in [3.05, 3.63) is 40.2 Å². The van der Waals surface area contributed by atoms with Gasteiger partial charge in [-0.2, -0.15) is 5.10 Å². The van der Waals surface area contributed by atoms with Crippen LogP contribution in [-0.2, 0) is 4.79 Å². The van der Waals surface area contributed by atoms with Crippen LogP contribution in [0.2, 0.25) is 0 Å². The fourth-order valence-corrected chi connectivity index (χ4v) is 2.16. The first-order valence-electron chi connectivity index (χ1n) is 7.21. The van der Waals surface area contributed by atoms with E-state index in [9.17, 15) is 4.79 Å². The maximum absolute atomic E-state index is 12.0. The molecule has 0 saturated carbocycles. The SMILES string of the molecule is CC(C)CNC(=O)C(C)n1cc(Oc2ccc(I)cc2)cn1. The van der Waals surface area contributed by atoms with Crippen LogP contribution in [0.1, 0.15) is 26.8 Å². The first-order chi connectivity index (χ1) is 10.5. The van der Waals surface area contributed by atoms with Crippen molar-refractivity contribution in [2.24, 2.45) is 5.92 Å². The molecule has 5 nitrogen and oxygen atoms in total. The molecule has 6 heteroatoms. The largest absolute Gasteiger partial charge is 0.454 e. The molecule has 0 bridgehead atoms. The Balaban J connectivity index is 1.98. The lowest BCUT2D eigenvalue weighted by atomic mass is 10.2. The molecule has 1 N–H and O–H groups in total. The molecule has 2 rings (SSSR count). The zero-order valence-electron chi connectivity index (χ0n) is 12.9. The lowest BCUT2D eigenvalue weighted by Crippen LogP contribution is -2.33. The van der Waals surface area contributed by atoms with E-state index in [4.69, 9.17) is 4.74 Å². The number of nitrogens with zero attached hydrogens (tertiary/aromatic N) is 2. The molecule has 1 unspecified atom stereocenters. The minimum atomic E-state index is -0.368. The summed E-state index contributed by atoms with van der Waals surface area (Å²) in [5.74, 6) is 1.74. The summed E-state index contributed by atoms with van der Waals surface area (Å²) in [7, 11) is 0. The number of amides is 1. The van der Waals surface area contributed by atoms with Crippen LogP contribution in [0.3, 0.4) is 0 Å². The van der Waals surface area contributed by atoms with Gasteiger partial charge in [-0.1, -0.05) is 13.8 Å². The molecule has 0 saturated heterocycles. The van der Waals surface area contributed by atoms with Gasteiger partial charge in [0.15, 0.2) is 5.75 Å². The molecule has 1 atom stereocenters. The quantitative estimate of drug-likeness (QED) is 0.737. The fraction of sp³-hybridized carbons (Fsp3) is 0.375. The highest BCUT2D eigenvalue weighted by Crippen LogP contribution is 2.22. The van der Waals surface area contributed by atoms with Crippen LogP contribution in [0.5, 0.6) is 11.5 Å². The predicted molar refractivity (Wildman–Crippen MR) is 94.0 cm³/mol. The van der Waals surface area contributed by atoms with Crippen molar-refractivity contribution in [1.82, 2.24) is 15.1 Å². The van der Waals surface area contributed by atoms with Gasteiger partial charge in [-0.25, -0.2) is 0 Å². The Kier molecular flexibility index (Phi) is 5.82. The molecule has 0 aliphatic carbocycles. The van der Waals surface area contributed by atoms with E-state index in [-0.39, 0.29) is 11.9 Å². The fourth-order valence-electron chi connectivity index (χ4n) is 1.80. The van der Waals surface area contributed by atoms with Gasteiger partial charge in [0.05, 0.1) is 12.4 Å². The molecule has 1 aromatic heterocycles. The third-order valence-corrected chi connectivity index (χ3v) is 3.81. The van der Waals surface area contributed by atoms with Crippen LogP contribution in [0.25, 0.3) is 0 Å². The molecule has 0 radical (unpaired) electrons. The number of rotatable bonds is 6. The van der Waals surface area contributed by atoms with Crippen LogP contribution in [-0.4, -0.2) is 22.2 Å². The van der Waals surface area contributed by atoms with Crippen LogP contribution < -0.4 is 10.1 Å². The molecular weight excluding hydrogens is 393 g/mol. The summed E-state index contributed by atoms with van der Waals surface area (Å²) in [5.41, 5.74) is 0. The summed E-state index contributed by atoms with van der Waals surface area (Å²) >= 11 is 2.24. The standard InChI is InChI=1S/C16H20IN3O2/c1-11(2)8-18-16(21)12(3)20-10-15(9-19-20)22-14-6-4-13(17)5-7-14/h4-7,9-12H,8H2,1-3H3,(H,18,21). The Labute approximate surface area is 144 Å². The van der Waals surface area contributed by atoms with Crippen LogP contribution in [0.15, 0.2) is 36.7 Å². The molecule has 1 aromatic carbocycles. The average molecular weight is 413 g/mol. The number of carbonyl (C=O) groups excluding carboxylic acids is 1. The maximum atomic E-state index is 12.0. The second-order valence-electron chi connectivity index (χ2n) is 5.53. The van der Waals surface area contributed by atoms with Crippen molar-refractivity contribution < 1.29 is 9.53 Å². The summed E-state index contributed by atoms with van der Waals surface area (Å²) in [6.07, 6.45) is 3.35. The molecular formula is C16H20IN3O2. The Hall–Kier alpha value is -1.57. The highest BCUT2D eigenvalue weighted by atomic mass is 127. The Morgan fingerprint density at radius 1 is 1.27 bits per heavy atom. The Morgan fingerprint density at radius 3 is 2.59 bits per heavy atom. The number of aromatic nitrogens is 2. The van der Waals surface area contributed by atoms with E-state index < -0.39 is 0 Å². The average Bonchev–Trinajstić information content (AvgIpc) is 2.94. The highest BCUT2D eigenvalue weighted by Gasteiger charge is 2.16. The molecule has 0 aliphatic heterocycles. The third kappa shape index (κ3) is 4.72. The van der Waals surface area contributed by atoms with Gasteiger partial charge in [0.2, 0.25) is 5.91 Å². The molecule has 0 aliphatic rings. The zero-order valence-corrected chi connectivity index (χ0v) is 15.1. The first-order valence-corrected chi connectivity index (χ1v) is 8.29. The lowest BCUT2D eigenvalue weighted by Gasteiger charge is -2.13. The summed E-state index contributed by atoms with van der Waals surface area (Å²) in [5, 5.41) is 7.11. The summed E-state index contributed by atoms with van der Waals surface area (Å²) in [4.78, 5) is 12.0. The van der Waals surface area contributed by atoms with E-state index in [1.165, 1.54) is 0 Å². The van der Waals surface area contributed by atoms with Crippen LogP contribution >= 0.6 is 22.6 Å². The number of halogens is 1. The van der Waals surface area contributed by atoms with E-state index in [1.54, 1.807) is 17.1 Å². The number of hydrogen-bond acceptors (Lipinski definition) is 3. The lowest BCUT2D eigenvalue weighted by molar-refractivity contribution is -0.124. The maximum Gasteiger partial charge on any atom is 0.244 e. The topological polar surface area (TPSA) is 56.2 Å². The van der Waals surface area contributed by atoms with Crippen molar-refractivity contribution in [2.75, 3.05) is 6.54 Å². The van der Waals surface area contributed by atoms with E-state index in [0.29, 0.717) is 18.2 Å². The monoisotopic (exact) mass is 413 g/mol. The second kappa shape index (κ2) is 7.62. The van der Waals surface area contributed by atoms with Crippen LogP contribution in [0.4, 0.5) is 0 Å². The number of benzene rings is 1. The van der Waals surface area contributed by atoms with Gasteiger partial charge in [0.1, 0.15) is 11.8 Å². The summed E-state index contributed by atoms with van der Waals surface area (Å²) < 4.78 is 8.48. The molecule has 118 valence electrons. The van der Waals surface area contributed by atoms with Crippen molar-refractivity contribution >= 4 is 28.5 Å². The molecule has 0 fully saturated rings. The number of nitrogens with one attached hydrogen (secondary N) is 1. The number of carbonyl (C=O) groups is 1. The van der Waals surface area contributed by atoms with Gasteiger partial charge in [0, 0.05) is 10.1 Å². The van der Waals surface area contributed by atoms with Crippen molar-refractivity contribution in [2.45, 2.75) is 26.8 Å². The van der Waals surface area contributed by atoms with E-state index in [1.807, 2.05) is 31.2 Å². The number of hydrogen-bond donors (Lipinski definition) is 1. The molecule has 2 aromatic rings. The zero-order chi connectivity index (χ0) is 16.1. The third-order valence-electron chi connectivity index (χ3n) is 3.09. The van der Waals surface area contributed by atoms with Gasteiger partial charge >= 0.3 is 0 Å². The van der Waals surface area contributed by atoms with Crippen molar-refractivity contribution in [3.63, 3.8) is 0 Å². The van der Waals surface area contributed by atoms with Crippen LogP contribution in [0, 0.1) is 9.49 Å². The van der Waals surface area contributed by atoms with Crippen molar-refractivity contribution in [1.29, 1.82) is 0 Å².